The number of ether oxygens (including phenoxy) is 4. The Morgan fingerprint density at radius 3 is 1.79 bits per heavy atom. The molecule has 0 amide bonds. The topological polar surface area (TPSA) is 77.7 Å². The van der Waals surface area contributed by atoms with Gasteiger partial charge >= 0.3 is 11.9 Å². The lowest BCUT2D eigenvalue weighted by molar-refractivity contribution is -0.196. The molecular weight excluding hydrogens is 360 g/mol. The van der Waals surface area contributed by atoms with Crippen LogP contribution in [0.5, 0.6) is 0 Å². The molecule has 0 aromatic heterocycles. The summed E-state index contributed by atoms with van der Waals surface area (Å²) in [6.07, 6.45) is 4.74. The van der Waals surface area contributed by atoms with Crippen LogP contribution in [-0.2, 0) is 28.5 Å². The molecule has 2 heterocycles. The van der Waals surface area contributed by atoms with Crippen molar-refractivity contribution < 1.29 is 28.5 Å². The highest BCUT2D eigenvalue weighted by molar-refractivity contribution is 5.75. The summed E-state index contributed by atoms with van der Waals surface area (Å²) in [4.78, 5) is 25.5. The van der Waals surface area contributed by atoms with Crippen LogP contribution in [-0.4, -0.2) is 36.4 Å². The molecule has 4 fully saturated rings. The minimum Gasteiger partial charge on any atom is -0.420 e. The second-order valence-electron chi connectivity index (χ2n) is 8.56. The van der Waals surface area contributed by atoms with Crippen molar-refractivity contribution in [2.75, 3.05) is 0 Å². The summed E-state index contributed by atoms with van der Waals surface area (Å²) in [5.74, 6) is -0.987. The molecule has 2 saturated carbocycles. The summed E-state index contributed by atoms with van der Waals surface area (Å²) in [6, 6.07) is 7.55. The fourth-order valence-corrected chi connectivity index (χ4v) is 4.52. The van der Waals surface area contributed by atoms with E-state index in [-0.39, 0.29) is 36.0 Å². The van der Waals surface area contributed by atoms with Crippen LogP contribution in [0.2, 0.25) is 0 Å². The Morgan fingerprint density at radius 1 is 0.821 bits per heavy atom. The quantitative estimate of drug-likeness (QED) is 0.439. The molecule has 6 heteroatoms. The van der Waals surface area contributed by atoms with Crippen molar-refractivity contribution in [3.8, 4) is 0 Å². The van der Waals surface area contributed by atoms with E-state index >= 15 is 0 Å². The van der Waals surface area contributed by atoms with Crippen molar-refractivity contribution in [1.29, 1.82) is 0 Å². The zero-order valence-corrected chi connectivity index (χ0v) is 16.0. The molecule has 0 spiro atoms. The van der Waals surface area contributed by atoms with Crippen molar-refractivity contribution >= 4 is 11.9 Å². The van der Waals surface area contributed by atoms with Gasteiger partial charge in [0.25, 0.3) is 6.29 Å². The lowest BCUT2D eigenvalue weighted by Crippen LogP contribution is -2.29. The molecule has 150 valence electrons. The second kappa shape index (κ2) is 7.16. The number of carbonyl (C=O) groups excluding carboxylic acids is 2. The number of benzene rings is 1. The predicted molar refractivity (Wildman–Crippen MR) is 98.1 cm³/mol. The summed E-state index contributed by atoms with van der Waals surface area (Å²) in [5, 5.41) is 0. The number of rotatable bonds is 5. The summed E-state index contributed by atoms with van der Waals surface area (Å²) in [6.45, 7) is 1.99. The monoisotopic (exact) mass is 386 g/mol. The number of esters is 2. The molecule has 2 aliphatic heterocycles. The Morgan fingerprint density at radius 2 is 1.32 bits per heavy atom. The molecule has 5 rings (SSSR count). The van der Waals surface area contributed by atoms with Gasteiger partial charge in [-0.2, -0.15) is 0 Å². The van der Waals surface area contributed by atoms with Gasteiger partial charge in [0.05, 0.1) is 36.3 Å². The van der Waals surface area contributed by atoms with Crippen molar-refractivity contribution in [3.05, 3.63) is 35.4 Å². The molecule has 1 aromatic carbocycles. The molecule has 0 bridgehead atoms. The third-order valence-electron chi connectivity index (χ3n) is 6.47. The van der Waals surface area contributed by atoms with Crippen LogP contribution in [0, 0.1) is 18.8 Å². The van der Waals surface area contributed by atoms with Gasteiger partial charge in [-0.25, -0.2) is 0 Å². The highest BCUT2D eigenvalue weighted by Gasteiger charge is 2.48. The van der Waals surface area contributed by atoms with Crippen LogP contribution in [0.3, 0.4) is 0 Å². The number of aryl methyl sites for hydroxylation is 1. The molecule has 0 N–H and O–H groups in total. The summed E-state index contributed by atoms with van der Waals surface area (Å²) in [5.41, 5.74) is 1.77. The fraction of sp³-hybridized carbons (Fsp3) is 0.636. The highest BCUT2D eigenvalue weighted by atomic mass is 16.7. The first-order chi connectivity index (χ1) is 13.6. The fourth-order valence-electron chi connectivity index (χ4n) is 4.52. The molecule has 6 unspecified atom stereocenters. The maximum Gasteiger partial charge on any atom is 0.312 e. The lowest BCUT2D eigenvalue weighted by Gasteiger charge is -2.25. The first kappa shape index (κ1) is 18.1. The standard InChI is InChI=1S/C22H26O6/c1-12-2-4-13(5-3-12)22(27-20(23)14-6-8-16-18(10-14)25-16)28-21(24)15-7-9-17-19(11-15)26-17/h2-5,14-19,22H,6-11H2,1H3. The van der Waals surface area contributed by atoms with Gasteiger partial charge < -0.3 is 18.9 Å². The maximum absolute atomic E-state index is 12.7. The number of fused-ring (bicyclic) bond motifs is 2. The van der Waals surface area contributed by atoms with Crippen molar-refractivity contribution in [1.82, 2.24) is 0 Å². The van der Waals surface area contributed by atoms with Crippen LogP contribution < -0.4 is 0 Å². The Kier molecular flexibility index (Phi) is 4.63. The van der Waals surface area contributed by atoms with E-state index in [4.69, 9.17) is 18.9 Å². The SMILES string of the molecule is Cc1ccc(C(OC(=O)C2CCC3OC3C2)OC(=O)C2CCC3OC3C2)cc1. The van der Waals surface area contributed by atoms with E-state index in [0.29, 0.717) is 30.6 Å². The van der Waals surface area contributed by atoms with E-state index in [2.05, 4.69) is 0 Å². The van der Waals surface area contributed by atoms with Crippen molar-refractivity contribution in [2.45, 2.75) is 76.2 Å². The van der Waals surface area contributed by atoms with Gasteiger partial charge in [-0.05, 0) is 45.4 Å². The average molecular weight is 386 g/mol. The molecular formula is C22H26O6. The number of hydrogen-bond acceptors (Lipinski definition) is 6. The Hall–Kier alpha value is -1.92. The second-order valence-corrected chi connectivity index (χ2v) is 8.56. The molecule has 2 aliphatic carbocycles. The van der Waals surface area contributed by atoms with Gasteiger partial charge in [-0.15, -0.1) is 0 Å². The smallest absolute Gasteiger partial charge is 0.312 e. The highest BCUT2D eigenvalue weighted by Crippen LogP contribution is 2.42. The van der Waals surface area contributed by atoms with Crippen molar-refractivity contribution in [2.24, 2.45) is 11.8 Å². The number of hydrogen-bond donors (Lipinski definition) is 0. The first-order valence-electron chi connectivity index (χ1n) is 10.4. The van der Waals surface area contributed by atoms with Crippen LogP contribution in [0.1, 0.15) is 55.9 Å². The molecule has 2 saturated heterocycles. The first-order valence-corrected chi connectivity index (χ1v) is 10.4. The zero-order valence-electron chi connectivity index (χ0n) is 16.0. The molecule has 1 aromatic rings. The summed E-state index contributed by atoms with van der Waals surface area (Å²) >= 11 is 0. The van der Waals surface area contributed by atoms with Gasteiger partial charge in [0, 0.05) is 5.56 Å². The summed E-state index contributed by atoms with van der Waals surface area (Å²) in [7, 11) is 0. The summed E-state index contributed by atoms with van der Waals surface area (Å²) < 4.78 is 22.5. The van der Waals surface area contributed by atoms with Crippen LogP contribution in [0.4, 0.5) is 0 Å². The number of epoxide rings is 2. The maximum atomic E-state index is 12.7. The van der Waals surface area contributed by atoms with Crippen LogP contribution in [0.25, 0.3) is 0 Å². The van der Waals surface area contributed by atoms with E-state index in [9.17, 15) is 9.59 Å². The molecule has 6 nitrogen and oxygen atoms in total. The van der Waals surface area contributed by atoms with Gasteiger partial charge in [0.15, 0.2) is 0 Å². The Labute approximate surface area is 164 Å². The lowest BCUT2D eigenvalue weighted by atomic mass is 9.89. The van der Waals surface area contributed by atoms with Crippen LogP contribution >= 0.6 is 0 Å². The Bertz CT molecular complexity index is 717. The molecule has 4 aliphatic rings. The molecule has 0 radical (unpaired) electrons. The van der Waals surface area contributed by atoms with E-state index < -0.39 is 6.29 Å². The molecule has 28 heavy (non-hydrogen) atoms. The van der Waals surface area contributed by atoms with Crippen LogP contribution in [0.15, 0.2) is 24.3 Å². The van der Waals surface area contributed by atoms with Gasteiger partial charge in [-0.1, -0.05) is 29.8 Å². The number of carbonyl (C=O) groups is 2. The average Bonchev–Trinajstić information content (AvgIpc) is 3.60. The third-order valence-corrected chi connectivity index (χ3v) is 6.47. The minimum absolute atomic E-state index is 0.189. The van der Waals surface area contributed by atoms with Gasteiger partial charge in [0.2, 0.25) is 0 Å². The molecule has 6 atom stereocenters. The van der Waals surface area contributed by atoms with E-state index in [1.54, 1.807) is 0 Å². The Balaban J connectivity index is 1.27. The van der Waals surface area contributed by atoms with Gasteiger partial charge in [-0.3, -0.25) is 9.59 Å². The van der Waals surface area contributed by atoms with E-state index in [1.807, 2.05) is 31.2 Å². The van der Waals surface area contributed by atoms with Crippen molar-refractivity contribution in [3.63, 3.8) is 0 Å². The third kappa shape index (κ3) is 3.80. The normalized spacial score (nSPS) is 36.5. The van der Waals surface area contributed by atoms with E-state index in [1.165, 1.54) is 0 Å². The zero-order chi connectivity index (χ0) is 19.3. The predicted octanol–water partition coefficient (Wildman–Crippen LogP) is 3.22. The largest absolute Gasteiger partial charge is 0.420 e. The van der Waals surface area contributed by atoms with Gasteiger partial charge in [0.1, 0.15) is 0 Å². The van der Waals surface area contributed by atoms with E-state index in [0.717, 1.165) is 31.2 Å². The minimum atomic E-state index is -1.00.